The first-order chi connectivity index (χ1) is 7.18. The Morgan fingerprint density at radius 3 is 2.47 bits per heavy atom. The fourth-order valence-corrected chi connectivity index (χ4v) is 1.48. The number of amides is 1. The lowest BCUT2D eigenvalue weighted by Gasteiger charge is -2.03. The van der Waals surface area contributed by atoms with Crippen LogP contribution in [-0.4, -0.2) is 25.0 Å². The van der Waals surface area contributed by atoms with E-state index in [1.165, 1.54) is 0 Å². The van der Waals surface area contributed by atoms with Crippen LogP contribution in [0.25, 0.3) is 10.8 Å². The van der Waals surface area contributed by atoms with Crippen molar-refractivity contribution in [1.82, 2.24) is 4.90 Å². The average Bonchev–Trinajstić information content (AvgIpc) is 2.27. The van der Waals surface area contributed by atoms with E-state index in [2.05, 4.69) is 0 Å². The Balaban J connectivity index is 2.52. The molecule has 0 fully saturated rings. The van der Waals surface area contributed by atoms with Crippen LogP contribution in [-0.2, 0) is 0 Å². The summed E-state index contributed by atoms with van der Waals surface area (Å²) in [5.74, 6) is 0. The molecular formula is C12H13N2O+. The Labute approximate surface area is 88.6 Å². The van der Waals surface area contributed by atoms with Crippen molar-refractivity contribution in [3.05, 3.63) is 42.7 Å². The predicted octanol–water partition coefficient (Wildman–Crippen LogP) is 1.66. The summed E-state index contributed by atoms with van der Waals surface area (Å²) in [6, 6.07) is 9.87. The van der Waals surface area contributed by atoms with Gasteiger partial charge >= 0.3 is 6.03 Å². The standard InChI is InChI=1S/C12H13N2O/c1-13(2)12(15)14-8-7-10-5-3-4-6-11(10)9-14/h3-9H,1-2H3/q+1. The van der Waals surface area contributed by atoms with Crippen LogP contribution < -0.4 is 4.57 Å². The fraction of sp³-hybridized carbons (Fsp3) is 0.167. The zero-order chi connectivity index (χ0) is 10.8. The number of carbonyl (C=O) groups is 1. The van der Waals surface area contributed by atoms with E-state index in [9.17, 15) is 4.79 Å². The lowest BCUT2D eigenvalue weighted by molar-refractivity contribution is -0.576. The number of hydrogen-bond donors (Lipinski definition) is 0. The summed E-state index contributed by atoms with van der Waals surface area (Å²) in [4.78, 5) is 13.2. The Bertz CT molecular complexity index is 506. The van der Waals surface area contributed by atoms with Gasteiger partial charge in [-0.15, -0.1) is 0 Å². The number of hydrogen-bond acceptors (Lipinski definition) is 1. The van der Waals surface area contributed by atoms with Crippen molar-refractivity contribution in [2.75, 3.05) is 14.1 Å². The van der Waals surface area contributed by atoms with Gasteiger partial charge in [0.15, 0.2) is 0 Å². The molecule has 0 spiro atoms. The molecule has 15 heavy (non-hydrogen) atoms. The van der Waals surface area contributed by atoms with E-state index in [0.717, 1.165) is 10.8 Å². The molecule has 1 heterocycles. The highest BCUT2D eigenvalue weighted by molar-refractivity contribution is 5.81. The molecule has 0 unspecified atom stereocenters. The summed E-state index contributed by atoms with van der Waals surface area (Å²) >= 11 is 0. The molecule has 3 nitrogen and oxygen atoms in total. The van der Waals surface area contributed by atoms with Crippen molar-refractivity contribution in [1.29, 1.82) is 0 Å². The summed E-state index contributed by atoms with van der Waals surface area (Å²) in [5.41, 5.74) is 0. The molecule has 76 valence electrons. The minimum Gasteiger partial charge on any atom is -0.231 e. The second kappa shape index (κ2) is 3.69. The molecule has 0 aliphatic rings. The Morgan fingerprint density at radius 2 is 1.80 bits per heavy atom. The maximum atomic E-state index is 11.7. The van der Waals surface area contributed by atoms with Crippen LogP contribution in [0.1, 0.15) is 0 Å². The van der Waals surface area contributed by atoms with Gasteiger partial charge in [0, 0.05) is 5.39 Å². The SMILES string of the molecule is CN(C)C(=O)[n+]1ccc2ccccc2c1. The van der Waals surface area contributed by atoms with Crippen LogP contribution in [0, 0.1) is 0 Å². The number of nitrogens with zero attached hydrogens (tertiary/aromatic N) is 2. The van der Waals surface area contributed by atoms with Gasteiger partial charge in [0.25, 0.3) is 0 Å². The molecule has 1 aromatic carbocycles. The number of aromatic nitrogens is 1. The monoisotopic (exact) mass is 201 g/mol. The molecule has 1 aromatic heterocycles. The van der Waals surface area contributed by atoms with E-state index in [4.69, 9.17) is 0 Å². The lowest BCUT2D eigenvalue weighted by atomic mass is 10.2. The highest BCUT2D eigenvalue weighted by Gasteiger charge is 2.15. The molecule has 2 rings (SSSR count). The normalized spacial score (nSPS) is 10.3. The molecular weight excluding hydrogens is 188 g/mol. The molecule has 2 aromatic rings. The molecule has 0 aliphatic carbocycles. The van der Waals surface area contributed by atoms with Crippen molar-refractivity contribution in [3.8, 4) is 0 Å². The van der Waals surface area contributed by atoms with Gasteiger partial charge in [-0.05, 0) is 11.5 Å². The van der Waals surface area contributed by atoms with E-state index >= 15 is 0 Å². The van der Waals surface area contributed by atoms with E-state index in [0.29, 0.717) is 0 Å². The Kier molecular flexibility index (Phi) is 2.37. The van der Waals surface area contributed by atoms with Crippen molar-refractivity contribution in [2.45, 2.75) is 0 Å². The zero-order valence-electron chi connectivity index (χ0n) is 8.84. The van der Waals surface area contributed by atoms with Gasteiger partial charge in [-0.1, -0.05) is 24.3 Å². The third kappa shape index (κ3) is 1.81. The second-order valence-corrected chi connectivity index (χ2v) is 3.66. The molecule has 1 amide bonds. The first-order valence-corrected chi connectivity index (χ1v) is 4.80. The molecule has 0 saturated heterocycles. The van der Waals surface area contributed by atoms with E-state index in [1.54, 1.807) is 29.8 Å². The lowest BCUT2D eigenvalue weighted by Crippen LogP contribution is -2.48. The van der Waals surface area contributed by atoms with Gasteiger partial charge in [0.1, 0.15) is 12.4 Å². The van der Waals surface area contributed by atoms with Crippen molar-refractivity contribution < 1.29 is 9.36 Å². The number of carbonyl (C=O) groups excluding carboxylic acids is 1. The van der Waals surface area contributed by atoms with Crippen molar-refractivity contribution in [3.63, 3.8) is 0 Å². The first kappa shape index (κ1) is 9.65. The van der Waals surface area contributed by atoms with Crippen LogP contribution in [0.3, 0.4) is 0 Å². The summed E-state index contributed by atoms with van der Waals surface area (Å²) in [6.07, 6.45) is 3.63. The molecule has 0 N–H and O–H groups in total. The van der Waals surface area contributed by atoms with E-state index < -0.39 is 0 Å². The average molecular weight is 201 g/mol. The molecule has 0 atom stereocenters. The zero-order valence-corrected chi connectivity index (χ0v) is 8.84. The summed E-state index contributed by atoms with van der Waals surface area (Å²) < 4.78 is 1.59. The van der Waals surface area contributed by atoms with Crippen LogP contribution in [0.5, 0.6) is 0 Å². The molecule has 0 bridgehead atoms. The minimum atomic E-state index is -0.0410. The van der Waals surface area contributed by atoms with Crippen LogP contribution in [0.2, 0.25) is 0 Å². The number of rotatable bonds is 0. The van der Waals surface area contributed by atoms with Crippen molar-refractivity contribution >= 4 is 16.8 Å². The third-order valence-electron chi connectivity index (χ3n) is 2.29. The van der Waals surface area contributed by atoms with Gasteiger partial charge < -0.3 is 0 Å². The van der Waals surface area contributed by atoms with E-state index in [1.807, 2.05) is 36.5 Å². The molecule has 3 heteroatoms. The van der Waals surface area contributed by atoms with Crippen LogP contribution in [0.15, 0.2) is 42.7 Å². The molecule has 0 saturated carbocycles. The topological polar surface area (TPSA) is 24.2 Å². The second-order valence-electron chi connectivity index (χ2n) is 3.66. The van der Waals surface area contributed by atoms with Crippen LogP contribution >= 0.6 is 0 Å². The van der Waals surface area contributed by atoms with Gasteiger partial charge in [0.05, 0.1) is 14.1 Å². The van der Waals surface area contributed by atoms with Gasteiger partial charge in [0.2, 0.25) is 0 Å². The Morgan fingerprint density at radius 1 is 1.13 bits per heavy atom. The van der Waals surface area contributed by atoms with E-state index in [-0.39, 0.29) is 6.03 Å². The number of pyridine rings is 1. The first-order valence-electron chi connectivity index (χ1n) is 4.80. The maximum absolute atomic E-state index is 11.7. The molecule has 0 aliphatic heterocycles. The highest BCUT2D eigenvalue weighted by Crippen LogP contribution is 2.09. The smallest absolute Gasteiger partial charge is 0.231 e. The van der Waals surface area contributed by atoms with Gasteiger partial charge in [-0.2, -0.15) is 9.36 Å². The van der Waals surface area contributed by atoms with Gasteiger partial charge in [-0.25, -0.2) is 4.90 Å². The summed E-state index contributed by atoms with van der Waals surface area (Å²) in [5, 5.41) is 2.20. The molecule has 0 radical (unpaired) electrons. The van der Waals surface area contributed by atoms with Crippen LogP contribution in [0.4, 0.5) is 4.79 Å². The summed E-state index contributed by atoms with van der Waals surface area (Å²) in [7, 11) is 3.48. The highest BCUT2D eigenvalue weighted by atomic mass is 16.2. The largest absolute Gasteiger partial charge is 0.497 e. The minimum absolute atomic E-state index is 0.0410. The number of benzene rings is 1. The third-order valence-corrected chi connectivity index (χ3v) is 2.29. The van der Waals surface area contributed by atoms with Gasteiger partial charge in [-0.3, -0.25) is 0 Å². The fourth-order valence-electron chi connectivity index (χ4n) is 1.48. The summed E-state index contributed by atoms with van der Waals surface area (Å²) in [6.45, 7) is 0. The maximum Gasteiger partial charge on any atom is 0.497 e. The predicted molar refractivity (Wildman–Crippen MR) is 58.6 cm³/mol. The number of fused-ring (bicyclic) bond motifs is 1. The Hall–Kier alpha value is -1.90. The van der Waals surface area contributed by atoms with Crippen molar-refractivity contribution in [2.24, 2.45) is 0 Å². The quantitative estimate of drug-likeness (QED) is 0.595.